The predicted molar refractivity (Wildman–Crippen MR) is 74.7 cm³/mol. The molecule has 0 aromatic heterocycles. The van der Waals surface area contributed by atoms with Gasteiger partial charge in [0.05, 0.1) is 18.3 Å². The van der Waals surface area contributed by atoms with E-state index in [1.165, 1.54) is 0 Å². The van der Waals surface area contributed by atoms with E-state index < -0.39 is 0 Å². The molecule has 3 aliphatic carbocycles. The van der Waals surface area contributed by atoms with Crippen LogP contribution in [-0.2, 0) is 28.6 Å². The SMILES string of the molecule is CC1CC2CC(=O)OC1C2OC(=O)C1C2CC3OC(=O)C1C3C2. The Hall–Kier alpha value is -1.59. The molecule has 23 heavy (non-hydrogen) atoms. The molecule has 6 nitrogen and oxygen atoms in total. The highest BCUT2D eigenvalue weighted by Gasteiger charge is 2.65. The van der Waals surface area contributed by atoms with Crippen LogP contribution in [-0.4, -0.2) is 36.2 Å². The number of carbonyl (C=O) groups excluding carboxylic acids is 3. The summed E-state index contributed by atoms with van der Waals surface area (Å²) in [5.41, 5.74) is 0. The van der Waals surface area contributed by atoms with Gasteiger partial charge in [-0.25, -0.2) is 0 Å². The highest BCUT2D eigenvalue weighted by atomic mass is 16.6. The van der Waals surface area contributed by atoms with Crippen molar-refractivity contribution in [3.8, 4) is 0 Å². The van der Waals surface area contributed by atoms with Crippen molar-refractivity contribution < 1.29 is 28.6 Å². The van der Waals surface area contributed by atoms with Gasteiger partial charge in [-0.1, -0.05) is 6.92 Å². The Labute approximate surface area is 133 Å². The minimum absolute atomic E-state index is 0.0217. The number of rotatable bonds is 2. The lowest BCUT2D eigenvalue weighted by atomic mass is 9.80. The van der Waals surface area contributed by atoms with Crippen molar-refractivity contribution in [1.82, 2.24) is 0 Å². The van der Waals surface area contributed by atoms with Crippen LogP contribution in [0.1, 0.15) is 32.6 Å². The zero-order chi connectivity index (χ0) is 15.9. The van der Waals surface area contributed by atoms with E-state index in [1.54, 1.807) is 0 Å². The van der Waals surface area contributed by atoms with Gasteiger partial charge in [0.25, 0.3) is 0 Å². The molecule has 3 saturated carbocycles. The molecular formula is C17H20O6. The quantitative estimate of drug-likeness (QED) is 0.559. The molecule has 2 saturated heterocycles. The molecule has 0 N–H and O–H groups in total. The average molecular weight is 320 g/mol. The molecule has 2 aliphatic heterocycles. The predicted octanol–water partition coefficient (Wildman–Crippen LogP) is 1.07. The van der Waals surface area contributed by atoms with E-state index in [9.17, 15) is 14.4 Å². The van der Waals surface area contributed by atoms with Crippen LogP contribution in [0.4, 0.5) is 0 Å². The van der Waals surface area contributed by atoms with Gasteiger partial charge in [0, 0.05) is 11.8 Å². The molecule has 0 spiro atoms. The lowest BCUT2D eigenvalue weighted by molar-refractivity contribution is -0.183. The number of hydrogen-bond acceptors (Lipinski definition) is 6. The van der Waals surface area contributed by atoms with Crippen molar-refractivity contribution in [3.63, 3.8) is 0 Å². The highest BCUT2D eigenvalue weighted by molar-refractivity contribution is 5.86. The molecule has 4 bridgehead atoms. The van der Waals surface area contributed by atoms with Crippen molar-refractivity contribution in [1.29, 1.82) is 0 Å². The summed E-state index contributed by atoms with van der Waals surface area (Å²) < 4.78 is 16.6. The number of fused-ring (bicyclic) bond motifs is 3. The van der Waals surface area contributed by atoms with E-state index in [0.29, 0.717) is 6.42 Å². The molecule has 0 aromatic carbocycles. The molecule has 9 unspecified atom stereocenters. The molecule has 0 radical (unpaired) electrons. The minimum atomic E-state index is -0.362. The molecule has 9 atom stereocenters. The van der Waals surface area contributed by atoms with Crippen LogP contribution in [0.5, 0.6) is 0 Å². The lowest BCUT2D eigenvalue weighted by Crippen LogP contribution is -2.44. The average Bonchev–Trinajstić information content (AvgIpc) is 3.13. The van der Waals surface area contributed by atoms with Gasteiger partial charge in [-0.05, 0) is 31.1 Å². The van der Waals surface area contributed by atoms with Gasteiger partial charge in [-0.3, -0.25) is 14.4 Å². The van der Waals surface area contributed by atoms with Crippen molar-refractivity contribution in [2.24, 2.45) is 35.5 Å². The van der Waals surface area contributed by atoms with Gasteiger partial charge >= 0.3 is 17.9 Å². The third kappa shape index (κ3) is 1.78. The summed E-state index contributed by atoms with van der Waals surface area (Å²) in [4.78, 5) is 36.4. The van der Waals surface area contributed by atoms with Crippen LogP contribution in [0.3, 0.4) is 0 Å². The van der Waals surface area contributed by atoms with E-state index in [0.717, 1.165) is 19.3 Å². The fourth-order valence-corrected chi connectivity index (χ4v) is 5.84. The van der Waals surface area contributed by atoms with Gasteiger partial charge in [0.2, 0.25) is 0 Å². The summed E-state index contributed by atoms with van der Waals surface area (Å²) in [7, 11) is 0. The van der Waals surface area contributed by atoms with E-state index in [2.05, 4.69) is 0 Å². The van der Waals surface area contributed by atoms with E-state index in [-0.39, 0.29) is 71.7 Å². The second kappa shape index (κ2) is 4.48. The molecule has 6 heteroatoms. The molecular weight excluding hydrogens is 300 g/mol. The van der Waals surface area contributed by atoms with Crippen LogP contribution >= 0.6 is 0 Å². The number of hydrogen-bond donors (Lipinski definition) is 0. The summed E-state index contributed by atoms with van der Waals surface area (Å²) in [5, 5.41) is 0. The summed E-state index contributed by atoms with van der Waals surface area (Å²) >= 11 is 0. The Morgan fingerprint density at radius 3 is 2.74 bits per heavy atom. The van der Waals surface area contributed by atoms with Gasteiger partial charge in [0.15, 0.2) is 0 Å². The Balaban J connectivity index is 1.35. The van der Waals surface area contributed by atoms with Gasteiger partial charge in [0.1, 0.15) is 18.3 Å². The zero-order valence-corrected chi connectivity index (χ0v) is 13.0. The summed E-state index contributed by atoms with van der Waals surface area (Å²) in [6.07, 6.45) is 2.20. The fraction of sp³-hybridized carbons (Fsp3) is 0.824. The molecule has 5 aliphatic rings. The van der Waals surface area contributed by atoms with Crippen LogP contribution < -0.4 is 0 Å². The van der Waals surface area contributed by atoms with Crippen molar-refractivity contribution in [2.75, 3.05) is 0 Å². The summed E-state index contributed by atoms with van der Waals surface area (Å²) in [5.74, 6) is -0.711. The Morgan fingerprint density at radius 2 is 1.96 bits per heavy atom. The first-order valence-electron chi connectivity index (χ1n) is 8.63. The van der Waals surface area contributed by atoms with Crippen LogP contribution in [0, 0.1) is 35.5 Å². The van der Waals surface area contributed by atoms with Gasteiger partial charge in [-0.15, -0.1) is 0 Å². The zero-order valence-electron chi connectivity index (χ0n) is 13.0. The number of ether oxygens (including phenoxy) is 3. The maximum absolute atomic E-state index is 12.8. The van der Waals surface area contributed by atoms with Crippen molar-refractivity contribution >= 4 is 17.9 Å². The smallest absolute Gasteiger partial charge is 0.310 e. The molecule has 0 amide bonds. The normalized spacial score (nSPS) is 52.5. The second-order valence-corrected chi connectivity index (χ2v) is 7.96. The monoisotopic (exact) mass is 320 g/mol. The third-order valence-electron chi connectivity index (χ3n) is 6.73. The number of carbonyl (C=O) groups is 3. The van der Waals surface area contributed by atoms with Crippen molar-refractivity contribution in [2.45, 2.75) is 50.9 Å². The molecule has 5 rings (SSSR count). The molecule has 0 aromatic rings. The third-order valence-corrected chi connectivity index (χ3v) is 6.73. The summed E-state index contributed by atoms with van der Waals surface area (Å²) in [6, 6.07) is 0. The van der Waals surface area contributed by atoms with E-state index in [4.69, 9.17) is 14.2 Å². The Bertz CT molecular complexity index is 598. The molecule has 5 fully saturated rings. The molecule has 2 heterocycles. The summed E-state index contributed by atoms with van der Waals surface area (Å²) in [6.45, 7) is 2.03. The maximum Gasteiger partial charge on any atom is 0.310 e. The Kier molecular flexibility index (Phi) is 2.69. The van der Waals surface area contributed by atoms with E-state index >= 15 is 0 Å². The second-order valence-electron chi connectivity index (χ2n) is 7.96. The van der Waals surface area contributed by atoms with Gasteiger partial charge in [-0.2, -0.15) is 0 Å². The lowest BCUT2D eigenvalue weighted by Gasteiger charge is -2.32. The topological polar surface area (TPSA) is 78.9 Å². The molecule has 124 valence electrons. The van der Waals surface area contributed by atoms with E-state index in [1.807, 2.05) is 6.92 Å². The largest absolute Gasteiger partial charge is 0.462 e. The maximum atomic E-state index is 12.8. The van der Waals surface area contributed by atoms with Crippen LogP contribution in [0.2, 0.25) is 0 Å². The first-order valence-corrected chi connectivity index (χ1v) is 8.63. The standard InChI is InChI=1S/C17H20O6/c1-6-2-8-5-11(18)22-14(6)15(8)23-16(19)12-7-3-9-10(4-7)21-17(20)13(9)12/h6-10,12-15H,2-5H2,1H3. The first-order chi connectivity index (χ1) is 11.0. The first kappa shape index (κ1) is 13.8. The van der Waals surface area contributed by atoms with Crippen LogP contribution in [0.15, 0.2) is 0 Å². The number of esters is 3. The van der Waals surface area contributed by atoms with Gasteiger partial charge < -0.3 is 14.2 Å². The fourth-order valence-electron chi connectivity index (χ4n) is 5.84. The minimum Gasteiger partial charge on any atom is -0.462 e. The van der Waals surface area contributed by atoms with Crippen LogP contribution in [0.25, 0.3) is 0 Å². The highest BCUT2D eigenvalue weighted by Crippen LogP contribution is 2.58. The van der Waals surface area contributed by atoms with Crippen molar-refractivity contribution in [3.05, 3.63) is 0 Å². The Morgan fingerprint density at radius 1 is 1.13 bits per heavy atom.